The van der Waals surface area contributed by atoms with E-state index in [2.05, 4.69) is 0 Å². The number of hydroxylamine groups is 1. The van der Waals surface area contributed by atoms with Crippen LogP contribution in [0, 0.1) is 5.21 Å². The van der Waals surface area contributed by atoms with E-state index in [0.717, 1.165) is 10.8 Å². The largest absolute Gasteiger partial charge is 0.623 e. The van der Waals surface area contributed by atoms with E-state index in [4.69, 9.17) is 0 Å². The van der Waals surface area contributed by atoms with Gasteiger partial charge in [0.05, 0.1) is 11.1 Å². The summed E-state index contributed by atoms with van der Waals surface area (Å²) in [4.78, 5) is 0. The van der Waals surface area contributed by atoms with Crippen LogP contribution in [0.3, 0.4) is 0 Å². The van der Waals surface area contributed by atoms with Gasteiger partial charge >= 0.3 is 6.18 Å². The number of alkyl halides is 3. The number of rotatable bonds is 1. The summed E-state index contributed by atoms with van der Waals surface area (Å²) in [5, 5.41) is 12.0. The molecule has 1 aromatic rings. The number of benzene rings is 1. The first-order chi connectivity index (χ1) is 8.23. The maximum absolute atomic E-state index is 12.9. The molecular formula is C13H14F3NO. The standard InChI is InChI=1S/C13H14F3NO/c1-12(2)8-7-11(17(12)18)9-5-3-4-6-10(9)13(14,15)16/h3-6H,7-8H2,1-2H3. The molecule has 0 saturated carbocycles. The van der Waals surface area contributed by atoms with E-state index in [9.17, 15) is 18.4 Å². The van der Waals surface area contributed by atoms with Gasteiger partial charge in [-0.15, -0.1) is 0 Å². The van der Waals surface area contributed by atoms with Crippen LogP contribution in [0.5, 0.6) is 0 Å². The van der Waals surface area contributed by atoms with Crippen LogP contribution in [0.4, 0.5) is 13.2 Å². The monoisotopic (exact) mass is 257 g/mol. The Bertz CT molecular complexity index is 503. The van der Waals surface area contributed by atoms with Crippen LogP contribution in [0.2, 0.25) is 0 Å². The summed E-state index contributed by atoms with van der Waals surface area (Å²) in [6.45, 7) is 3.48. The quantitative estimate of drug-likeness (QED) is 0.558. The Morgan fingerprint density at radius 3 is 2.33 bits per heavy atom. The molecule has 0 fully saturated rings. The molecule has 0 bridgehead atoms. The van der Waals surface area contributed by atoms with Crippen molar-refractivity contribution in [3.63, 3.8) is 0 Å². The van der Waals surface area contributed by atoms with Gasteiger partial charge in [-0.2, -0.15) is 13.2 Å². The van der Waals surface area contributed by atoms with Gasteiger partial charge < -0.3 is 5.21 Å². The molecule has 98 valence electrons. The van der Waals surface area contributed by atoms with Crippen LogP contribution < -0.4 is 0 Å². The molecule has 18 heavy (non-hydrogen) atoms. The van der Waals surface area contributed by atoms with E-state index in [-0.39, 0.29) is 11.3 Å². The Labute approximate surface area is 103 Å². The molecule has 0 aliphatic carbocycles. The Hall–Kier alpha value is -1.52. The van der Waals surface area contributed by atoms with Crippen molar-refractivity contribution in [2.75, 3.05) is 0 Å². The highest BCUT2D eigenvalue weighted by atomic mass is 19.4. The summed E-state index contributed by atoms with van der Waals surface area (Å²) >= 11 is 0. The highest BCUT2D eigenvalue weighted by molar-refractivity contribution is 5.99. The topological polar surface area (TPSA) is 26.1 Å². The van der Waals surface area contributed by atoms with Crippen molar-refractivity contribution in [2.24, 2.45) is 0 Å². The second-order valence-corrected chi connectivity index (χ2v) is 5.10. The highest BCUT2D eigenvalue weighted by Gasteiger charge is 2.41. The number of nitrogens with zero attached hydrogens (tertiary/aromatic N) is 1. The molecule has 1 aliphatic heterocycles. The number of hydrogen-bond acceptors (Lipinski definition) is 1. The molecule has 0 amide bonds. The summed E-state index contributed by atoms with van der Waals surface area (Å²) in [5.74, 6) is 0. The maximum Gasteiger partial charge on any atom is 0.417 e. The lowest BCUT2D eigenvalue weighted by Crippen LogP contribution is -2.29. The van der Waals surface area contributed by atoms with Crippen LogP contribution in [0.15, 0.2) is 24.3 Å². The lowest BCUT2D eigenvalue weighted by molar-refractivity contribution is -0.530. The Kier molecular flexibility index (Phi) is 2.87. The Morgan fingerprint density at radius 1 is 1.22 bits per heavy atom. The molecule has 0 saturated heterocycles. The van der Waals surface area contributed by atoms with E-state index < -0.39 is 17.3 Å². The average Bonchev–Trinajstić information content (AvgIpc) is 2.53. The molecule has 1 heterocycles. The van der Waals surface area contributed by atoms with Crippen LogP contribution in [-0.4, -0.2) is 16.0 Å². The zero-order valence-electron chi connectivity index (χ0n) is 10.2. The van der Waals surface area contributed by atoms with Gasteiger partial charge in [0.15, 0.2) is 11.3 Å². The van der Waals surface area contributed by atoms with Crippen molar-refractivity contribution < 1.29 is 17.9 Å². The minimum Gasteiger partial charge on any atom is -0.623 e. The molecular weight excluding hydrogens is 243 g/mol. The summed E-state index contributed by atoms with van der Waals surface area (Å²) in [6, 6.07) is 5.24. The second-order valence-electron chi connectivity index (χ2n) is 5.10. The lowest BCUT2D eigenvalue weighted by atomic mass is 9.98. The Balaban J connectivity index is 2.58. The molecule has 2 rings (SSSR count). The van der Waals surface area contributed by atoms with Gasteiger partial charge in [-0.3, -0.25) is 0 Å². The molecule has 0 unspecified atom stereocenters. The predicted octanol–water partition coefficient (Wildman–Crippen LogP) is 3.58. The van der Waals surface area contributed by atoms with E-state index in [1.165, 1.54) is 18.2 Å². The molecule has 1 aromatic carbocycles. The zero-order valence-corrected chi connectivity index (χ0v) is 10.2. The molecule has 0 atom stereocenters. The third kappa shape index (κ3) is 2.09. The van der Waals surface area contributed by atoms with E-state index in [1.54, 1.807) is 13.8 Å². The van der Waals surface area contributed by atoms with Gasteiger partial charge in [0.25, 0.3) is 0 Å². The molecule has 0 spiro atoms. The van der Waals surface area contributed by atoms with Crippen molar-refractivity contribution in [1.82, 2.24) is 0 Å². The van der Waals surface area contributed by atoms with E-state index >= 15 is 0 Å². The highest BCUT2D eigenvalue weighted by Crippen LogP contribution is 2.35. The summed E-state index contributed by atoms with van der Waals surface area (Å²) in [5.41, 5.74) is -1.13. The normalized spacial score (nSPS) is 19.4. The van der Waals surface area contributed by atoms with Crippen molar-refractivity contribution in [3.05, 3.63) is 40.6 Å². The zero-order chi connectivity index (χ0) is 13.6. The molecule has 2 nitrogen and oxygen atoms in total. The van der Waals surface area contributed by atoms with Gasteiger partial charge in [0.1, 0.15) is 0 Å². The molecule has 1 aliphatic rings. The van der Waals surface area contributed by atoms with Crippen LogP contribution >= 0.6 is 0 Å². The van der Waals surface area contributed by atoms with Crippen molar-refractivity contribution >= 4 is 5.71 Å². The minimum atomic E-state index is -4.43. The summed E-state index contributed by atoms with van der Waals surface area (Å²) in [6.07, 6.45) is -3.49. The molecule has 0 aromatic heterocycles. The van der Waals surface area contributed by atoms with Crippen LogP contribution in [-0.2, 0) is 6.18 Å². The third-order valence-corrected chi connectivity index (χ3v) is 3.31. The minimum absolute atomic E-state index is 0.00516. The third-order valence-electron chi connectivity index (χ3n) is 3.31. The van der Waals surface area contributed by atoms with E-state index in [1.807, 2.05) is 0 Å². The van der Waals surface area contributed by atoms with Gasteiger partial charge in [-0.05, 0) is 12.1 Å². The SMILES string of the molecule is CC1(C)CCC(c2ccccc2C(F)(F)F)=[N+]1[O-]. The second kappa shape index (κ2) is 4.00. The summed E-state index contributed by atoms with van der Waals surface area (Å²) in [7, 11) is 0. The smallest absolute Gasteiger partial charge is 0.417 e. The van der Waals surface area contributed by atoms with Crippen LogP contribution in [0.25, 0.3) is 0 Å². The van der Waals surface area contributed by atoms with Gasteiger partial charge in [0, 0.05) is 26.7 Å². The molecule has 0 radical (unpaired) electrons. The van der Waals surface area contributed by atoms with Gasteiger partial charge in [0.2, 0.25) is 0 Å². The fraction of sp³-hybridized carbons (Fsp3) is 0.462. The lowest BCUT2D eigenvalue weighted by Gasteiger charge is -2.19. The van der Waals surface area contributed by atoms with Crippen molar-refractivity contribution in [1.29, 1.82) is 0 Å². The maximum atomic E-state index is 12.9. The first-order valence-corrected chi connectivity index (χ1v) is 5.73. The molecule has 0 N–H and O–H groups in total. The first kappa shape index (κ1) is 12.9. The Morgan fingerprint density at radius 2 is 1.83 bits per heavy atom. The predicted molar refractivity (Wildman–Crippen MR) is 62.5 cm³/mol. The van der Waals surface area contributed by atoms with Crippen molar-refractivity contribution in [3.8, 4) is 0 Å². The number of halogens is 3. The van der Waals surface area contributed by atoms with Crippen molar-refractivity contribution in [2.45, 2.75) is 38.4 Å². The van der Waals surface area contributed by atoms with Gasteiger partial charge in [-0.25, -0.2) is 4.74 Å². The summed E-state index contributed by atoms with van der Waals surface area (Å²) < 4.78 is 39.4. The first-order valence-electron chi connectivity index (χ1n) is 5.73. The van der Waals surface area contributed by atoms with E-state index in [0.29, 0.717) is 12.8 Å². The fourth-order valence-corrected chi connectivity index (χ4v) is 2.22. The van der Waals surface area contributed by atoms with Gasteiger partial charge in [-0.1, -0.05) is 12.1 Å². The fourth-order valence-electron chi connectivity index (χ4n) is 2.22. The number of hydrogen-bond donors (Lipinski definition) is 0. The molecule has 5 heteroatoms. The van der Waals surface area contributed by atoms with Crippen LogP contribution in [0.1, 0.15) is 37.8 Å². The average molecular weight is 257 g/mol.